The van der Waals surface area contributed by atoms with Gasteiger partial charge >= 0.3 is 5.69 Å². The summed E-state index contributed by atoms with van der Waals surface area (Å²) in [6.07, 6.45) is 1.97. The topological polar surface area (TPSA) is 102 Å². The molecule has 0 saturated heterocycles. The van der Waals surface area contributed by atoms with Crippen molar-refractivity contribution in [3.63, 3.8) is 0 Å². The Kier molecular flexibility index (Phi) is 7.38. The van der Waals surface area contributed by atoms with Crippen LogP contribution in [0.5, 0.6) is 0 Å². The first-order valence-electron chi connectivity index (χ1n) is 7.11. The number of nitrogens with one attached hydrogen (secondary N) is 2. The lowest BCUT2D eigenvalue weighted by Gasteiger charge is -2.09. The van der Waals surface area contributed by atoms with Crippen molar-refractivity contribution in [2.75, 3.05) is 36.9 Å². The van der Waals surface area contributed by atoms with Crippen LogP contribution in [-0.4, -0.2) is 41.2 Å². The van der Waals surface area contributed by atoms with Gasteiger partial charge in [0, 0.05) is 26.3 Å². The van der Waals surface area contributed by atoms with Crippen molar-refractivity contribution in [3.05, 3.63) is 16.3 Å². The monoisotopic (exact) mass is 297 g/mol. The van der Waals surface area contributed by atoms with E-state index in [1.165, 1.54) is 6.20 Å². The van der Waals surface area contributed by atoms with Crippen molar-refractivity contribution in [2.45, 2.75) is 27.2 Å². The Morgan fingerprint density at radius 1 is 1.43 bits per heavy atom. The maximum absolute atomic E-state index is 10.9. The number of aromatic nitrogens is 2. The molecule has 0 aliphatic heterocycles. The maximum atomic E-state index is 10.9. The van der Waals surface area contributed by atoms with E-state index in [4.69, 9.17) is 4.74 Å². The van der Waals surface area contributed by atoms with Crippen LogP contribution in [0.3, 0.4) is 0 Å². The van der Waals surface area contributed by atoms with Crippen molar-refractivity contribution < 1.29 is 9.66 Å². The molecule has 0 fully saturated rings. The number of nitro groups is 1. The summed E-state index contributed by atoms with van der Waals surface area (Å²) in [5.41, 5.74) is -0.125. The fourth-order valence-electron chi connectivity index (χ4n) is 1.58. The molecular formula is C13H23N5O3. The first kappa shape index (κ1) is 17.1. The number of rotatable bonds is 10. The Morgan fingerprint density at radius 2 is 2.19 bits per heavy atom. The zero-order valence-corrected chi connectivity index (χ0v) is 12.8. The zero-order chi connectivity index (χ0) is 15.7. The molecule has 0 atom stereocenters. The van der Waals surface area contributed by atoms with Crippen molar-refractivity contribution in [2.24, 2.45) is 5.92 Å². The summed E-state index contributed by atoms with van der Waals surface area (Å²) in [6, 6.07) is 0. The molecule has 118 valence electrons. The van der Waals surface area contributed by atoms with E-state index in [-0.39, 0.29) is 11.5 Å². The molecule has 1 rings (SSSR count). The molecule has 21 heavy (non-hydrogen) atoms. The number of ether oxygens (including phenoxy) is 1. The van der Waals surface area contributed by atoms with Crippen LogP contribution in [0.1, 0.15) is 27.2 Å². The van der Waals surface area contributed by atoms with Gasteiger partial charge in [0.15, 0.2) is 0 Å². The Hall–Kier alpha value is -1.96. The van der Waals surface area contributed by atoms with Crippen LogP contribution in [0.15, 0.2) is 6.20 Å². The largest absolute Gasteiger partial charge is 0.381 e. The van der Waals surface area contributed by atoms with Gasteiger partial charge in [0.25, 0.3) is 0 Å². The number of hydrogen-bond donors (Lipinski definition) is 2. The van der Waals surface area contributed by atoms with Crippen molar-refractivity contribution in [1.29, 1.82) is 0 Å². The molecule has 0 unspecified atom stereocenters. The minimum atomic E-state index is -0.493. The second-order valence-corrected chi connectivity index (χ2v) is 4.96. The Labute approximate surface area is 124 Å². The summed E-state index contributed by atoms with van der Waals surface area (Å²) < 4.78 is 5.45. The lowest BCUT2D eigenvalue weighted by atomic mass is 10.2. The van der Waals surface area contributed by atoms with Gasteiger partial charge in [-0.05, 0) is 19.3 Å². The minimum absolute atomic E-state index is 0.125. The zero-order valence-electron chi connectivity index (χ0n) is 12.8. The van der Waals surface area contributed by atoms with Gasteiger partial charge in [0.1, 0.15) is 6.20 Å². The first-order chi connectivity index (χ1) is 10.0. The SMILES string of the molecule is CCNc1ncc([N+](=O)[O-])c(NCCCOCC(C)C)n1. The van der Waals surface area contributed by atoms with E-state index in [0.29, 0.717) is 31.6 Å². The molecule has 1 aromatic heterocycles. The van der Waals surface area contributed by atoms with E-state index in [0.717, 1.165) is 13.0 Å². The summed E-state index contributed by atoms with van der Waals surface area (Å²) in [6.45, 7) is 8.63. The standard InChI is InChI=1S/C13H23N5O3/c1-4-14-13-16-8-11(18(19)20)12(17-13)15-6-5-7-21-9-10(2)3/h8,10H,4-7,9H2,1-3H3,(H2,14,15,16,17). The second-order valence-electron chi connectivity index (χ2n) is 4.96. The first-order valence-corrected chi connectivity index (χ1v) is 7.11. The third-order valence-electron chi connectivity index (χ3n) is 2.51. The highest BCUT2D eigenvalue weighted by atomic mass is 16.6. The van der Waals surface area contributed by atoms with Crippen LogP contribution < -0.4 is 10.6 Å². The van der Waals surface area contributed by atoms with Crippen LogP contribution in [-0.2, 0) is 4.74 Å². The van der Waals surface area contributed by atoms with Gasteiger partial charge in [-0.1, -0.05) is 13.8 Å². The van der Waals surface area contributed by atoms with Crippen molar-refractivity contribution in [1.82, 2.24) is 9.97 Å². The normalized spacial score (nSPS) is 10.7. The molecule has 0 aromatic carbocycles. The molecule has 0 bridgehead atoms. The summed E-state index contributed by atoms with van der Waals surface area (Å²) >= 11 is 0. The molecule has 0 amide bonds. The second kappa shape index (κ2) is 9.06. The van der Waals surface area contributed by atoms with E-state index < -0.39 is 4.92 Å². The van der Waals surface area contributed by atoms with Crippen LogP contribution in [0.25, 0.3) is 0 Å². The van der Waals surface area contributed by atoms with Gasteiger partial charge in [0.2, 0.25) is 11.8 Å². The average Bonchev–Trinajstić information content (AvgIpc) is 2.42. The molecule has 0 radical (unpaired) electrons. The van der Waals surface area contributed by atoms with E-state index in [1.807, 2.05) is 6.92 Å². The minimum Gasteiger partial charge on any atom is -0.381 e. The summed E-state index contributed by atoms with van der Waals surface area (Å²) in [5.74, 6) is 1.11. The van der Waals surface area contributed by atoms with Crippen LogP contribution in [0.4, 0.5) is 17.5 Å². The quantitative estimate of drug-likeness (QED) is 0.388. The Morgan fingerprint density at radius 3 is 2.81 bits per heavy atom. The average molecular weight is 297 g/mol. The molecule has 0 spiro atoms. The predicted molar refractivity (Wildman–Crippen MR) is 81.6 cm³/mol. The highest BCUT2D eigenvalue weighted by Gasteiger charge is 2.16. The third kappa shape index (κ3) is 6.35. The summed E-state index contributed by atoms with van der Waals surface area (Å²) in [5, 5.41) is 16.8. The van der Waals surface area contributed by atoms with E-state index in [9.17, 15) is 10.1 Å². The van der Waals surface area contributed by atoms with Crippen molar-refractivity contribution >= 4 is 17.5 Å². The van der Waals surface area contributed by atoms with Gasteiger partial charge < -0.3 is 15.4 Å². The van der Waals surface area contributed by atoms with Gasteiger partial charge in [-0.15, -0.1) is 0 Å². The van der Waals surface area contributed by atoms with Crippen LogP contribution in [0, 0.1) is 16.0 Å². The third-order valence-corrected chi connectivity index (χ3v) is 2.51. The lowest BCUT2D eigenvalue weighted by Crippen LogP contribution is -2.12. The van der Waals surface area contributed by atoms with Gasteiger partial charge in [-0.25, -0.2) is 4.98 Å². The van der Waals surface area contributed by atoms with E-state index in [1.54, 1.807) is 0 Å². The van der Waals surface area contributed by atoms with Gasteiger partial charge in [-0.3, -0.25) is 10.1 Å². The van der Waals surface area contributed by atoms with Crippen LogP contribution >= 0.6 is 0 Å². The molecule has 8 heteroatoms. The number of nitrogens with zero attached hydrogens (tertiary/aromatic N) is 3. The Balaban J connectivity index is 2.51. The molecule has 0 aliphatic rings. The molecule has 0 saturated carbocycles. The van der Waals surface area contributed by atoms with Gasteiger partial charge in [0.05, 0.1) is 4.92 Å². The molecular weight excluding hydrogens is 274 g/mol. The summed E-state index contributed by atoms with van der Waals surface area (Å²) in [7, 11) is 0. The number of hydrogen-bond acceptors (Lipinski definition) is 7. The van der Waals surface area contributed by atoms with E-state index in [2.05, 4.69) is 34.4 Å². The fraction of sp³-hybridized carbons (Fsp3) is 0.692. The van der Waals surface area contributed by atoms with Crippen LogP contribution in [0.2, 0.25) is 0 Å². The predicted octanol–water partition coefficient (Wildman–Crippen LogP) is 2.29. The fourth-order valence-corrected chi connectivity index (χ4v) is 1.58. The highest BCUT2D eigenvalue weighted by Crippen LogP contribution is 2.21. The van der Waals surface area contributed by atoms with Crippen molar-refractivity contribution in [3.8, 4) is 0 Å². The molecule has 0 aliphatic carbocycles. The smallest absolute Gasteiger partial charge is 0.329 e. The maximum Gasteiger partial charge on any atom is 0.329 e. The molecule has 1 heterocycles. The van der Waals surface area contributed by atoms with E-state index >= 15 is 0 Å². The lowest BCUT2D eigenvalue weighted by molar-refractivity contribution is -0.384. The molecule has 2 N–H and O–H groups in total. The number of anilines is 2. The highest BCUT2D eigenvalue weighted by molar-refractivity contribution is 5.56. The Bertz CT molecular complexity index is 453. The molecule has 1 aromatic rings. The summed E-state index contributed by atoms with van der Waals surface area (Å²) in [4.78, 5) is 18.5. The van der Waals surface area contributed by atoms with Gasteiger partial charge in [-0.2, -0.15) is 4.98 Å². The molecule has 8 nitrogen and oxygen atoms in total.